The molecule has 0 bridgehead atoms. The largest absolute Gasteiger partial charge is 0.293 e. The molecule has 8 heteroatoms. The molecule has 1 unspecified atom stereocenters. The van der Waals surface area contributed by atoms with Crippen LogP contribution in [0.1, 0.15) is 30.2 Å². The molecular weight excluding hydrogens is 296 g/mol. The monoisotopic (exact) mass is 312 g/mol. The van der Waals surface area contributed by atoms with Gasteiger partial charge in [-0.2, -0.15) is 5.10 Å². The van der Waals surface area contributed by atoms with Crippen molar-refractivity contribution >= 4 is 23.1 Å². The van der Waals surface area contributed by atoms with Crippen LogP contribution in [0.3, 0.4) is 0 Å². The predicted molar refractivity (Wildman–Crippen MR) is 77.8 cm³/mol. The summed E-state index contributed by atoms with van der Waals surface area (Å²) in [6.45, 7) is 6.65. The van der Waals surface area contributed by atoms with E-state index in [0.717, 1.165) is 37.0 Å². The van der Waals surface area contributed by atoms with Gasteiger partial charge in [-0.25, -0.2) is 9.67 Å². The number of nitrogens with zero attached hydrogens (tertiary/aromatic N) is 6. The van der Waals surface area contributed by atoms with E-state index in [1.807, 2.05) is 18.5 Å². The summed E-state index contributed by atoms with van der Waals surface area (Å²) in [6.07, 6.45) is 2.38. The molecule has 0 amide bonds. The van der Waals surface area contributed by atoms with Crippen LogP contribution >= 0.6 is 23.1 Å². The summed E-state index contributed by atoms with van der Waals surface area (Å²) in [4.78, 5) is 6.78. The second-order valence-corrected chi connectivity index (χ2v) is 6.50. The lowest BCUT2D eigenvalue weighted by Crippen LogP contribution is -2.33. The molecular formula is C12H17ClN6S. The highest BCUT2D eigenvalue weighted by molar-refractivity contribution is 7.10. The molecule has 0 aromatic carbocycles. The molecule has 0 aliphatic carbocycles. The first-order valence-corrected chi connectivity index (χ1v) is 7.87. The van der Waals surface area contributed by atoms with Gasteiger partial charge in [0.1, 0.15) is 21.7 Å². The van der Waals surface area contributed by atoms with Crippen molar-refractivity contribution in [1.29, 1.82) is 0 Å². The van der Waals surface area contributed by atoms with Gasteiger partial charge in [-0.1, -0.05) is 16.1 Å². The summed E-state index contributed by atoms with van der Waals surface area (Å²) < 4.78 is 6.59. The highest BCUT2D eigenvalue weighted by atomic mass is 35.5. The summed E-state index contributed by atoms with van der Waals surface area (Å²) in [5.74, 6) is 1.81. The maximum atomic E-state index is 6.09. The Labute approximate surface area is 126 Å². The van der Waals surface area contributed by atoms with E-state index >= 15 is 0 Å². The lowest BCUT2D eigenvalue weighted by Gasteiger charge is -2.23. The van der Waals surface area contributed by atoms with E-state index in [-0.39, 0.29) is 0 Å². The third kappa shape index (κ3) is 2.84. The molecule has 0 spiro atoms. The van der Waals surface area contributed by atoms with Crippen LogP contribution in [0.5, 0.6) is 0 Å². The Balaban J connectivity index is 1.69. The van der Waals surface area contributed by atoms with E-state index in [9.17, 15) is 0 Å². The van der Waals surface area contributed by atoms with Crippen LogP contribution in [0.2, 0.25) is 4.34 Å². The summed E-state index contributed by atoms with van der Waals surface area (Å²) >= 11 is 7.34. The topological polar surface area (TPSA) is 59.7 Å². The third-order valence-corrected chi connectivity index (χ3v) is 4.69. The number of aryl methyl sites for hydroxylation is 2. The Kier molecular flexibility index (Phi) is 4.00. The van der Waals surface area contributed by atoms with Gasteiger partial charge < -0.3 is 0 Å². The molecule has 1 saturated heterocycles. The van der Waals surface area contributed by atoms with Crippen LogP contribution in [0.4, 0.5) is 0 Å². The lowest BCUT2D eigenvalue weighted by atomic mass is 10.2. The van der Waals surface area contributed by atoms with Gasteiger partial charge in [0.05, 0.1) is 6.54 Å². The van der Waals surface area contributed by atoms with E-state index in [0.29, 0.717) is 10.4 Å². The third-order valence-electron chi connectivity index (χ3n) is 3.71. The molecule has 0 radical (unpaired) electrons. The van der Waals surface area contributed by atoms with Gasteiger partial charge >= 0.3 is 0 Å². The van der Waals surface area contributed by atoms with Crippen LogP contribution in [0.15, 0.2) is 0 Å². The number of rotatable bonds is 4. The van der Waals surface area contributed by atoms with Crippen molar-refractivity contribution in [2.75, 3.05) is 6.54 Å². The molecule has 1 aliphatic rings. The van der Waals surface area contributed by atoms with Crippen LogP contribution in [0, 0.1) is 13.8 Å². The van der Waals surface area contributed by atoms with Gasteiger partial charge in [-0.05, 0) is 33.2 Å². The fourth-order valence-electron chi connectivity index (χ4n) is 2.73. The molecule has 3 heterocycles. The number of halogens is 1. The zero-order valence-corrected chi connectivity index (χ0v) is 13.2. The molecule has 0 N–H and O–H groups in total. The Bertz CT molecular complexity index is 595. The first-order valence-electron chi connectivity index (χ1n) is 6.72. The Morgan fingerprint density at radius 2 is 2.25 bits per heavy atom. The van der Waals surface area contributed by atoms with Crippen molar-refractivity contribution in [3.63, 3.8) is 0 Å². The summed E-state index contributed by atoms with van der Waals surface area (Å²) in [7, 11) is 0. The average Bonchev–Trinajstić information content (AvgIpc) is 3.06. The van der Waals surface area contributed by atoms with Gasteiger partial charge in [0, 0.05) is 24.1 Å². The zero-order chi connectivity index (χ0) is 14.1. The van der Waals surface area contributed by atoms with E-state index in [2.05, 4.69) is 24.6 Å². The molecule has 2 aromatic heterocycles. The standard InChI is InChI=1S/C12H17ClN6S/c1-8-14-9(2)19(16-8)6-10-4-3-5-18(10)7-11-12(13)20-17-15-11/h10H,3-7H2,1-2H3. The van der Waals surface area contributed by atoms with Crippen LogP contribution in [0.25, 0.3) is 0 Å². The molecule has 6 nitrogen and oxygen atoms in total. The van der Waals surface area contributed by atoms with Gasteiger partial charge in [0.15, 0.2) is 0 Å². The molecule has 3 rings (SSSR count). The maximum Gasteiger partial charge on any atom is 0.147 e. The van der Waals surface area contributed by atoms with Crippen molar-refractivity contribution in [1.82, 2.24) is 29.3 Å². The quantitative estimate of drug-likeness (QED) is 0.865. The highest BCUT2D eigenvalue weighted by Gasteiger charge is 2.27. The minimum atomic E-state index is 0.465. The number of hydrogen-bond donors (Lipinski definition) is 0. The van der Waals surface area contributed by atoms with E-state index < -0.39 is 0 Å². The maximum absolute atomic E-state index is 6.09. The van der Waals surface area contributed by atoms with Gasteiger partial charge in [-0.15, -0.1) is 5.10 Å². The Morgan fingerprint density at radius 1 is 1.40 bits per heavy atom. The first kappa shape index (κ1) is 13.9. The second-order valence-electron chi connectivity index (χ2n) is 5.15. The van der Waals surface area contributed by atoms with Gasteiger partial charge in [0.25, 0.3) is 0 Å². The molecule has 2 aromatic rings. The molecule has 108 valence electrons. The normalized spacial score (nSPS) is 19.9. The predicted octanol–water partition coefficient (Wildman–Crippen LogP) is 2.06. The van der Waals surface area contributed by atoms with Crippen LogP contribution in [-0.4, -0.2) is 41.8 Å². The van der Waals surface area contributed by atoms with Crippen LogP contribution < -0.4 is 0 Å². The molecule has 1 aliphatic heterocycles. The Hall–Kier alpha value is -1.05. The fourth-order valence-corrected chi connectivity index (χ4v) is 3.34. The number of hydrogen-bond acceptors (Lipinski definition) is 6. The highest BCUT2D eigenvalue weighted by Crippen LogP contribution is 2.25. The summed E-state index contributed by atoms with van der Waals surface area (Å²) in [5, 5.41) is 8.55. The smallest absolute Gasteiger partial charge is 0.147 e. The minimum Gasteiger partial charge on any atom is -0.293 e. The first-order chi connectivity index (χ1) is 9.63. The van der Waals surface area contributed by atoms with Crippen molar-refractivity contribution in [2.45, 2.75) is 45.8 Å². The van der Waals surface area contributed by atoms with Crippen LogP contribution in [-0.2, 0) is 13.1 Å². The molecule has 20 heavy (non-hydrogen) atoms. The van der Waals surface area contributed by atoms with Crippen molar-refractivity contribution in [3.8, 4) is 0 Å². The van der Waals surface area contributed by atoms with Crippen molar-refractivity contribution in [3.05, 3.63) is 21.7 Å². The SMILES string of the molecule is Cc1nc(C)n(CC2CCCN2Cc2nnsc2Cl)n1. The molecule has 1 fully saturated rings. The number of likely N-dealkylation sites (tertiary alicyclic amines) is 1. The summed E-state index contributed by atoms with van der Waals surface area (Å²) in [5.41, 5.74) is 0.884. The average molecular weight is 313 g/mol. The number of aromatic nitrogens is 5. The molecule has 1 atom stereocenters. The zero-order valence-electron chi connectivity index (χ0n) is 11.6. The second kappa shape index (κ2) is 5.75. The Morgan fingerprint density at radius 3 is 2.90 bits per heavy atom. The fraction of sp³-hybridized carbons (Fsp3) is 0.667. The van der Waals surface area contributed by atoms with Gasteiger partial charge in [-0.3, -0.25) is 4.90 Å². The van der Waals surface area contributed by atoms with E-state index in [4.69, 9.17) is 11.6 Å². The van der Waals surface area contributed by atoms with E-state index in [1.165, 1.54) is 24.4 Å². The minimum absolute atomic E-state index is 0.465. The summed E-state index contributed by atoms with van der Waals surface area (Å²) in [6, 6.07) is 0.465. The van der Waals surface area contributed by atoms with E-state index in [1.54, 1.807) is 0 Å². The van der Waals surface area contributed by atoms with Crippen molar-refractivity contribution < 1.29 is 0 Å². The molecule has 0 saturated carbocycles. The van der Waals surface area contributed by atoms with Gasteiger partial charge in [0.2, 0.25) is 0 Å². The lowest BCUT2D eigenvalue weighted by molar-refractivity contribution is 0.215. The van der Waals surface area contributed by atoms with Crippen molar-refractivity contribution in [2.24, 2.45) is 0 Å².